The van der Waals surface area contributed by atoms with Crippen molar-refractivity contribution in [3.05, 3.63) is 83.2 Å². The van der Waals surface area contributed by atoms with Crippen molar-refractivity contribution in [1.82, 2.24) is 19.8 Å². The molecule has 7 nitrogen and oxygen atoms in total. The number of hydrogen-bond acceptors (Lipinski definition) is 6. The van der Waals surface area contributed by atoms with Crippen molar-refractivity contribution in [2.75, 3.05) is 27.2 Å². The Hall–Kier alpha value is -3.79. The zero-order chi connectivity index (χ0) is 24.7. The van der Waals surface area contributed by atoms with Crippen LogP contribution in [0.4, 0.5) is 13.2 Å². The lowest BCUT2D eigenvalue weighted by Gasteiger charge is -2.45. The molecular weight excluding hydrogens is 459 g/mol. The van der Waals surface area contributed by atoms with Gasteiger partial charge < -0.3 is 24.4 Å². The molecule has 0 spiro atoms. The number of oxime groups is 1. The molecular formula is C25H24F3N5O2. The summed E-state index contributed by atoms with van der Waals surface area (Å²) in [7, 11) is 3.37. The molecule has 1 fully saturated rings. The van der Waals surface area contributed by atoms with E-state index < -0.39 is 29.1 Å². The van der Waals surface area contributed by atoms with E-state index in [2.05, 4.69) is 15.5 Å². The quantitative estimate of drug-likeness (QED) is 0.560. The van der Waals surface area contributed by atoms with Crippen molar-refractivity contribution in [2.24, 2.45) is 5.16 Å². The molecule has 2 aliphatic heterocycles. The summed E-state index contributed by atoms with van der Waals surface area (Å²) in [6.07, 6.45) is 6.71. The first-order valence-electron chi connectivity index (χ1n) is 11.0. The number of aromatic nitrogens is 2. The molecule has 1 saturated heterocycles. The fourth-order valence-electron chi connectivity index (χ4n) is 4.68. The molecule has 1 unspecified atom stereocenters. The first-order valence-corrected chi connectivity index (χ1v) is 11.0. The van der Waals surface area contributed by atoms with Crippen molar-refractivity contribution in [2.45, 2.75) is 18.6 Å². The topological polar surface area (TPSA) is 63.9 Å². The highest BCUT2D eigenvalue weighted by molar-refractivity contribution is 5.97. The highest BCUT2D eigenvalue weighted by atomic mass is 19.2. The molecule has 10 heteroatoms. The fourth-order valence-corrected chi connectivity index (χ4v) is 4.68. The van der Waals surface area contributed by atoms with Crippen molar-refractivity contribution in [1.29, 1.82) is 0 Å². The molecule has 182 valence electrons. The predicted octanol–water partition coefficient (Wildman–Crippen LogP) is 3.76. The molecule has 0 aliphatic carbocycles. The monoisotopic (exact) mass is 483 g/mol. The van der Waals surface area contributed by atoms with Crippen LogP contribution in [0.5, 0.6) is 5.75 Å². The summed E-state index contributed by atoms with van der Waals surface area (Å²) in [5, 5.41) is 7.42. The Kier molecular flexibility index (Phi) is 5.76. The number of halogens is 3. The third-order valence-corrected chi connectivity index (χ3v) is 6.57. The number of hydrogen-bond donors (Lipinski definition) is 1. The van der Waals surface area contributed by atoms with Crippen molar-refractivity contribution < 1.29 is 22.7 Å². The molecule has 1 aromatic heterocycles. The Morgan fingerprint density at radius 1 is 1.17 bits per heavy atom. The van der Waals surface area contributed by atoms with Crippen molar-refractivity contribution >= 4 is 11.9 Å². The van der Waals surface area contributed by atoms with Gasteiger partial charge in [-0.15, -0.1) is 0 Å². The summed E-state index contributed by atoms with van der Waals surface area (Å²) in [6.45, 7) is 2.69. The van der Waals surface area contributed by atoms with Gasteiger partial charge in [-0.05, 0) is 48.4 Å². The second kappa shape index (κ2) is 8.77. The summed E-state index contributed by atoms with van der Waals surface area (Å²) in [4.78, 5) is 11.8. The van der Waals surface area contributed by atoms with E-state index in [0.29, 0.717) is 24.7 Å². The summed E-state index contributed by atoms with van der Waals surface area (Å²) >= 11 is 0. The molecule has 0 radical (unpaired) electrons. The lowest BCUT2D eigenvalue weighted by atomic mass is 9.84. The van der Waals surface area contributed by atoms with Crippen LogP contribution in [0.3, 0.4) is 0 Å². The SMILES string of the molecule is COc1cc(/C=C/C2=NOC3CNC[C@@]3(c3cc(F)c(F)c(F)c3)N2C)ccc1-n1cnc(C)c1. The third-order valence-electron chi connectivity index (χ3n) is 6.57. The van der Waals surface area contributed by atoms with E-state index in [0.717, 1.165) is 29.1 Å². The Bertz CT molecular complexity index is 1320. The number of aryl methyl sites for hydroxylation is 1. The number of methoxy groups -OCH3 is 1. The number of amidine groups is 1. The number of nitrogens with zero attached hydrogens (tertiary/aromatic N) is 4. The lowest BCUT2D eigenvalue weighted by Crippen LogP contribution is -2.57. The van der Waals surface area contributed by atoms with Gasteiger partial charge in [0.05, 0.1) is 24.8 Å². The van der Waals surface area contributed by atoms with Crippen LogP contribution in [0.1, 0.15) is 16.8 Å². The molecule has 2 aliphatic rings. The number of imidazole rings is 1. The summed E-state index contributed by atoms with van der Waals surface area (Å²) < 4.78 is 49.3. The standard InChI is InChI=1S/C25H24F3N5O2/c1-15-12-33(14-30-15)20-6-4-16(8-21(20)34-3)5-7-23-31-35-22-11-29-13-25(22,32(23)2)17-9-18(26)24(28)19(27)10-17/h4-10,12,14,22,29H,11,13H2,1-3H3/b7-5+/t22?,25-/m0/s1. The molecule has 1 N–H and O–H groups in total. The average Bonchev–Trinajstić information content (AvgIpc) is 3.49. The molecule has 3 heterocycles. The van der Waals surface area contributed by atoms with Gasteiger partial charge >= 0.3 is 0 Å². The van der Waals surface area contributed by atoms with Crippen LogP contribution in [-0.4, -0.2) is 53.6 Å². The molecule has 0 amide bonds. The van der Waals surface area contributed by atoms with Crippen LogP contribution >= 0.6 is 0 Å². The fraction of sp³-hybridized carbons (Fsp3) is 0.280. The van der Waals surface area contributed by atoms with Gasteiger partial charge in [0.25, 0.3) is 0 Å². The first-order chi connectivity index (χ1) is 16.8. The lowest BCUT2D eigenvalue weighted by molar-refractivity contribution is -0.0390. The number of fused-ring (bicyclic) bond motifs is 1. The van der Waals surface area contributed by atoms with Crippen LogP contribution in [0.15, 0.2) is 54.1 Å². The van der Waals surface area contributed by atoms with E-state index in [1.54, 1.807) is 26.6 Å². The van der Waals surface area contributed by atoms with E-state index in [4.69, 9.17) is 9.57 Å². The largest absolute Gasteiger partial charge is 0.495 e. The smallest absolute Gasteiger partial charge is 0.194 e. The number of nitrogens with one attached hydrogen (secondary N) is 1. The number of likely N-dealkylation sites (N-methyl/N-ethyl adjacent to an activating group) is 1. The minimum atomic E-state index is -1.50. The van der Waals surface area contributed by atoms with Gasteiger partial charge in [0, 0.05) is 26.3 Å². The van der Waals surface area contributed by atoms with Crippen LogP contribution < -0.4 is 10.1 Å². The van der Waals surface area contributed by atoms with Crippen LogP contribution in [0.2, 0.25) is 0 Å². The maximum Gasteiger partial charge on any atom is 0.194 e. The minimum Gasteiger partial charge on any atom is -0.495 e. The molecule has 35 heavy (non-hydrogen) atoms. The molecule has 5 rings (SSSR count). The number of benzene rings is 2. The molecule has 0 saturated carbocycles. The molecule has 2 atom stereocenters. The Morgan fingerprint density at radius 3 is 2.63 bits per heavy atom. The van der Waals surface area contributed by atoms with Gasteiger partial charge in [0.15, 0.2) is 29.4 Å². The zero-order valence-electron chi connectivity index (χ0n) is 19.4. The number of ether oxygens (including phenoxy) is 1. The minimum absolute atomic E-state index is 0.272. The molecule has 0 bridgehead atoms. The Balaban J connectivity index is 1.46. The summed E-state index contributed by atoms with van der Waals surface area (Å²) in [5.74, 6) is -2.87. The van der Waals surface area contributed by atoms with Gasteiger partial charge in [0.1, 0.15) is 11.3 Å². The average molecular weight is 483 g/mol. The maximum absolute atomic E-state index is 14.1. The van der Waals surface area contributed by atoms with Crippen LogP contribution in [-0.2, 0) is 10.4 Å². The second-order valence-corrected chi connectivity index (χ2v) is 8.60. The van der Waals surface area contributed by atoms with Gasteiger partial charge in [-0.3, -0.25) is 0 Å². The Labute approximate surface area is 200 Å². The number of rotatable bonds is 5. The van der Waals surface area contributed by atoms with Crippen molar-refractivity contribution in [3.8, 4) is 11.4 Å². The van der Waals surface area contributed by atoms with E-state index in [9.17, 15) is 13.2 Å². The van der Waals surface area contributed by atoms with E-state index >= 15 is 0 Å². The van der Waals surface area contributed by atoms with Crippen LogP contribution in [0, 0.1) is 24.4 Å². The molecule has 3 aromatic rings. The third kappa shape index (κ3) is 3.83. The maximum atomic E-state index is 14.1. The summed E-state index contributed by atoms with van der Waals surface area (Å²) in [6, 6.07) is 7.77. The molecule has 2 aromatic carbocycles. The normalized spacial score (nSPS) is 21.7. The van der Waals surface area contributed by atoms with E-state index in [1.165, 1.54) is 0 Å². The predicted molar refractivity (Wildman–Crippen MR) is 125 cm³/mol. The van der Waals surface area contributed by atoms with Crippen LogP contribution in [0.25, 0.3) is 11.8 Å². The van der Waals surface area contributed by atoms with Gasteiger partial charge in [0.2, 0.25) is 0 Å². The van der Waals surface area contributed by atoms with E-state index in [-0.39, 0.29) is 5.56 Å². The Morgan fingerprint density at radius 2 is 1.94 bits per heavy atom. The second-order valence-electron chi connectivity index (χ2n) is 8.60. The van der Waals surface area contributed by atoms with Gasteiger partial charge in [-0.25, -0.2) is 18.2 Å². The highest BCUT2D eigenvalue weighted by Gasteiger charge is 2.53. The first kappa shape index (κ1) is 23.0. The van der Waals surface area contributed by atoms with Crippen molar-refractivity contribution in [3.63, 3.8) is 0 Å². The zero-order valence-corrected chi connectivity index (χ0v) is 19.4. The van der Waals surface area contributed by atoms with E-state index in [1.807, 2.05) is 46.9 Å². The highest BCUT2D eigenvalue weighted by Crippen LogP contribution is 2.40. The summed E-state index contributed by atoms with van der Waals surface area (Å²) in [5.41, 5.74) is 1.90. The van der Waals surface area contributed by atoms with Gasteiger partial charge in [-0.2, -0.15) is 0 Å². The van der Waals surface area contributed by atoms with Gasteiger partial charge in [-0.1, -0.05) is 17.3 Å².